The Bertz CT molecular complexity index is 889. The van der Waals surface area contributed by atoms with E-state index in [0.717, 1.165) is 6.07 Å². The molecule has 0 bridgehead atoms. The van der Waals surface area contributed by atoms with Crippen LogP contribution >= 0.6 is 28.1 Å². The van der Waals surface area contributed by atoms with Crippen molar-refractivity contribution in [1.82, 2.24) is 5.32 Å². The summed E-state index contributed by atoms with van der Waals surface area (Å²) in [5, 5.41) is 26.5. The average Bonchev–Trinajstić information content (AvgIpc) is 2.56. The van der Waals surface area contributed by atoms with E-state index in [1.54, 1.807) is 0 Å². The first-order valence-electron chi connectivity index (χ1n) is 6.58. The first-order chi connectivity index (χ1) is 11.8. The van der Waals surface area contributed by atoms with Gasteiger partial charge < -0.3 is 5.32 Å². The van der Waals surface area contributed by atoms with Crippen molar-refractivity contribution in [3.05, 3.63) is 72.7 Å². The highest BCUT2D eigenvalue weighted by Gasteiger charge is 2.14. The lowest BCUT2D eigenvalue weighted by Gasteiger charge is -2.11. The molecule has 25 heavy (non-hydrogen) atoms. The molecule has 9 nitrogen and oxygen atoms in total. The molecule has 0 unspecified atom stereocenters. The Morgan fingerprint density at radius 2 is 1.68 bits per heavy atom. The first kappa shape index (κ1) is 18.4. The number of amides is 1. The number of nitrogens with one attached hydrogen (secondary N) is 2. The van der Waals surface area contributed by atoms with Crippen LogP contribution in [0.1, 0.15) is 10.4 Å². The minimum absolute atomic E-state index is 0.0638. The fourth-order valence-corrected chi connectivity index (χ4v) is 2.48. The van der Waals surface area contributed by atoms with Crippen molar-refractivity contribution < 1.29 is 14.6 Å². The number of thiocarbonyl (C=S) groups is 1. The van der Waals surface area contributed by atoms with Crippen LogP contribution in [0.4, 0.5) is 17.1 Å². The third-order valence-electron chi connectivity index (χ3n) is 2.96. The van der Waals surface area contributed by atoms with Crippen molar-refractivity contribution in [2.24, 2.45) is 0 Å². The second kappa shape index (κ2) is 7.77. The van der Waals surface area contributed by atoms with E-state index in [1.807, 2.05) is 0 Å². The van der Waals surface area contributed by atoms with Gasteiger partial charge in [0.1, 0.15) is 0 Å². The Morgan fingerprint density at radius 1 is 1.04 bits per heavy atom. The van der Waals surface area contributed by atoms with E-state index >= 15 is 0 Å². The minimum Gasteiger partial charge on any atom is -0.331 e. The van der Waals surface area contributed by atoms with Gasteiger partial charge in [0.25, 0.3) is 17.3 Å². The lowest BCUT2D eigenvalue weighted by Crippen LogP contribution is -2.34. The minimum atomic E-state index is -0.626. The highest BCUT2D eigenvalue weighted by atomic mass is 79.9. The molecule has 0 saturated carbocycles. The summed E-state index contributed by atoms with van der Waals surface area (Å²) >= 11 is 8.18. The van der Waals surface area contributed by atoms with E-state index in [9.17, 15) is 25.0 Å². The molecule has 1 amide bonds. The third-order valence-corrected chi connectivity index (χ3v) is 3.82. The Morgan fingerprint density at radius 3 is 2.28 bits per heavy atom. The molecule has 0 aliphatic rings. The topological polar surface area (TPSA) is 127 Å². The number of nitrogens with zero attached hydrogens (tertiary/aromatic N) is 2. The number of hydrogen-bond acceptors (Lipinski definition) is 6. The maximum absolute atomic E-state index is 12.1. The van der Waals surface area contributed by atoms with Gasteiger partial charge in [0.05, 0.1) is 15.5 Å². The number of halogens is 1. The van der Waals surface area contributed by atoms with Crippen LogP contribution in [-0.4, -0.2) is 20.9 Å². The van der Waals surface area contributed by atoms with Gasteiger partial charge in [0, 0.05) is 34.3 Å². The predicted molar refractivity (Wildman–Crippen MR) is 97.6 cm³/mol. The molecule has 0 saturated heterocycles. The molecule has 0 radical (unpaired) electrons. The molecule has 2 rings (SSSR count). The number of nitro groups is 2. The van der Waals surface area contributed by atoms with Crippen molar-refractivity contribution >= 4 is 56.2 Å². The van der Waals surface area contributed by atoms with Gasteiger partial charge in [-0.3, -0.25) is 30.3 Å². The van der Waals surface area contributed by atoms with E-state index in [-0.39, 0.29) is 22.1 Å². The molecule has 128 valence electrons. The summed E-state index contributed by atoms with van der Waals surface area (Å²) in [6, 6.07) is 9.17. The smallest absolute Gasteiger partial charge is 0.270 e. The fourth-order valence-electron chi connectivity index (χ4n) is 1.81. The lowest BCUT2D eigenvalue weighted by molar-refractivity contribution is -0.385. The van der Waals surface area contributed by atoms with Crippen molar-refractivity contribution in [1.29, 1.82) is 0 Å². The molecule has 0 spiro atoms. The number of benzene rings is 2. The number of non-ortho nitro benzene ring substituents is 2. The molecule has 11 heteroatoms. The zero-order valence-electron chi connectivity index (χ0n) is 12.3. The average molecular weight is 425 g/mol. The summed E-state index contributed by atoms with van der Waals surface area (Å²) in [4.78, 5) is 32.4. The van der Waals surface area contributed by atoms with Crippen LogP contribution in [0.2, 0.25) is 0 Å². The van der Waals surface area contributed by atoms with Crippen molar-refractivity contribution in [3.63, 3.8) is 0 Å². The summed E-state index contributed by atoms with van der Waals surface area (Å²) in [5.41, 5.74) is 0.157. The van der Waals surface area contributed by atoms with Gasteiger partial charge in [-0.05, 0) is 40.3 Å². The molecular weight excluding hydrogens is 416 g/mol. The Kier molecular flexibility index (Phi) is 5.72. The maximum atomic E-state index is 12.1. The van der Waals surface area contributed by atoms with Gasteiger partial charge in [-0.2, -0.15) is 0 Å². The Balaban J connectivity index is 2.07. The Hall–Kier alpha value is -2.92. The molecule has 0 atom stereocenters. The maximum Gasteiger partial charge on any atom is 0.270 e. The summed E-state index contributed by atoms with van der Waals surface area (Å²) < 4.78 is 0.383. The Labute approximate surface area is 154 Å². The van der Waals surface area contributed by atoms with Crippen molar-refractivity contribution in [2.45, 2.75) is 0 Å². The zero-order valence-corrected chi connectivity index (χ0v) is 14.7. The van der Waals surface area contributed by atoms with E-state index in [2.05, 4.69) is 26.6 Å². The molecule has 0 fully saturated rings. The summed E-state index contributed by atoms with van der Waals surface area (Å²) in [5.74, 6) is -0.626. The number of carbonyl (C=O) groups excluding carboxylic acids is 1. The van der Waals surface area contributed by atoms with Crippen LogP contribution in [0.25, 0.3) is 0 Å². The third kappa shape index (κ3) is 4.78. The molecular formula is C14H9BrN4O5S. The highest BCUT2D eigenvalue weighted by Crippen LogP contribution is 2.27. The predicted octanol–water partition coefficient (Wildman–Crippen LogP) is 3.39. The normalized spacial score (nSPS) is 9.96. The van der Waals surface area contributed by atoms with E-state index in [4.69, 9.17) is 12.2 Å². The summed E-state index contributed by atoms with van der Waals surface area (Å²) in [6.07, 6.45) is 0. The number of carbonyl (C=O) groups is 1. The lowest BCUT2D eigenvalue weighted by atomic mass is 10.2. The molecule has 2 aromatic carbocycles. The van der Waals surface area contributed by atoms with Crippen LogP contribution in [0, 0.1) is 20.2 Å². The van der Waals surface area contributed by atoms with Crippen LogP contribution in [0.3, 0.4) is 0 Å². The van der Waals surface area contributed by atoms with Gasteiger partial charge in [-0.1, -0.05) is 6.07 Å². The number of hydrogen-bond donors (Lipinski definition) is 2. The quantitative estimate of drug-likeness (QED) is 0.437. The number of rotatable bonds is 4. The van der Waals surface area contributed by atoms with E-state index in [1.165, 1.54) is 36.4 Å². The second-order valence-electron chi connectivity index (χ2n) is 4.64. The summed E-state index contributed by atoms with van der Waals surface area (Å²) in [7, 11) is 0. The largest absolute Gasteiger partial charge is 0.331 e. The number of nitro benzene ring substituents is 2. The van der Waals surface area contributed by atoms with Crippen LogP contribution in [0.15, 0.2) is 46.9 Å². The fraction of sp³-hybridized carbons (Fsp3) is 0. The van der Waals surface area contributed by atoms with Crippen molar-refractivity contribution in [2.75, 3.05) is 5.32 Å². The monoisotopic (exact) mass is 424 g/mol. The van der Waals surface area contributed by atoms with E-state index < -0.39 is 15.8 Å². The van der Waals surface area contributed by atoms with Gasteiger partial charge in [0.15, 0.2) is 5.11 Å². The van der Waals surface area contributed by atoms with Gasteiger partial charge in [-0.15, -0.1) is 0 Å². The number of anilines is 1. The molecule has 0 heterocycles. The molecule has 2 aromatic rings. The van der Waals surface area contributed by atoms with Gasteiger partial charge in [0.2, 0.25) is 0 Å². The summed E-state index contributed by atoms with van der Waals surface area (Å²) in [6.45, 7) is 0. The van der Waals surface area contributed by atoms with Gasteiger partial charge >= 0.3 is 0 Å². The van der Waals surface area contributed by atoms with Crippen molar-refractivity contribution in [3.8, 4) is 0 Å². The zero-order chi connectivity index (χ0) is 18.6. The first-order valence-corrected chi connectivity index (χ1v) is 7.79. The van der Waals surface area contributed by atoms with Crippen LogP contribution in [-0.2, 0) is 0 Å². The second-order valence-corrected chi connectivity index (χ2v) is 5.90. The SMILES string of the molecule is O=C(NC(=S)Nc1ccc([N+](=O)[O-])cc1Br)c1cccc([N+](=O)[O-])c1. The van der Waals surface area contributed by atoms with Crippen LogP contribution in [0.5, 0.6) is 0 Å². The van der Waals surface area contributed by atoms with Crippen LogP contribution < -0.4 is 10.6 Å². The van der Waals surface area contributed by atoms with Gasteiger partial charge in [-0.25, -0.2) is 0 Å². The highest BCUT2D eigenvalue weighted by molar-refractivity contribution is 9.10. The standard InChI is InChI=1S/C14H9BrN4O5S/c15-11-7-10(19(23)24)4-5-12(11)16-14(25)17-13(20)8-2-1-3-9(6-8)18(21)22/h1-7H,(H2,16,17,20,25). The molecule has 0 aromatic heterocycles. The molecule has 2 N–H and O–H groups in total. The molecule has 0 aliphatic heterocycles. The van der Waals surface area contributed by atoms with E-state index in [0.29, 0.717) is 10.2 Å². The molecule has 0 aliphatic carbocycles.